The maximum absolute atomic E-state index is 12.6. The molecule has 1 aromatic heterocycles. The molecule has 0 bridgehead atoms. The molecule has 1 heterocycles. The summed E-state index contributed by atoms with van der Waals surface area (Å²) in [6.45, 7) is 8.48. The number of para-hydroxylation sites is 1. The van der Waals surface area contributed by atoms with Crippen LogP contribution in [0.2, 0.25) is 0 Å². The van der Waals surface area contributed by atoms with Crippen LogP contribution in [0.3, 0.4) is 0 Å². The molecule has 0 N–H and O–H groups in total. The summed E-state index contributed by atoms with van der Waals surface area (Å²) in [5.74, 6) is -0.151. The van der Waals surface area contributed by atoms with Gasteiger partial charge in [-0.05, 0) is 63.1 Å². The molecule has 0 radical (unpaired) electrons. The van der Waals surface area contributed by atoms with Crippen LogP contribution < -0.4 is 9.47 Å². The van der Waals surface area contributed by atoms with Crippen molar-refractivity contribution in [2.24, 2.45) is 0 Å². The highest BCUT2D eigenvalue weighted by Crippen LogP contribution is 2.28. The number of aromatic nitrogens is 2. The van der Waals surface area contributed by atoms with Crippen LogP contribution in [0.15, 0.2) is 54.7 Å². The first kappa shape index (κ1) is 31.1. The van der Waals surface area contributed by atoms with Crippen molar-refractivity contribution < 1.29 is 38.1 Å². The number of ether oxygens (including phenoxy) is 5. The molecule has 10 heteroatoms. The van der Waals surface area contributed by atoms with E-state index in [4.69, 9.17) is 23.7 Å². The van der Waals surface area contributed by atoms with Crippen LogP contribution in [0.1, 0.15) is 51.4 Å². The quantitative estimate of drug-likeness (QED) is 0.227. The zero-order valence-corrected chi connectivity index (χ0v) is 24.3. The fraction of sp³-hybridized carbons (Fsp3) is 0.387. The molecule has 2 aromatic carbocycles. The number of carbonyl (C=O) groups excluding carboxylic acids is 3. The minimum absolute atomic E-state index is 0.0103. The Bertz CT molecular complexity index is 1370. The first-order chi connectivity index (χ1) is 19.5. The Balaban J connectivity index is 1.89. The smallest absolute Gasteiger partial charge is 0.347 e. The Kier molecular flexibility index (Phi) is 10.8. The van der Waals surface area contributed by atoms with E-state index in [-0.39, 0.29) is 26.1 Å². The number of methoxy groups -OCH3 is 1. The summed E-state index contributed by atoms with van der Waals surface area (Å²) in [6, 6.07) is 14.3. The summed E-state index contributed by atoms with van der Waals surface area (Å²) in [7, 11) is 1.58. The van der Waals surface area contributed by atoms with Crippen molar-refractivity contribution in [3.63, 3.8) is 0 Å². The standard InChI is InChI=1S/C31H36N2O8/c1-7-38-30(36)27(40-20(2)34)18-22-16-21(17-28(35)41-31(3,4)5)12-13-25(22)39-19-23-14-15-32-29(33-23)24-10-8-9-11-26(24)37-6/h8-16,27H,7,17-19H2,1-6H3/t27-/m1/s1. The third kappa shape index (κ3) is 9.59. The van der Waals surface area contributed by atoms with Crippen LogP contribution in [0.4, 0.5) is 0 Å². The lowest BCUT2D eigenvalue weighted by molar-refractivity contribution is -0.166. The van der Waals surface area contributed by atoms with Gasteiger partial charge < -0.3 is 23.7 Å². The first-order valence-electron chi connectivity index (χ1n) is 13.2. The Morgan fingerprint density at radius 1 is 1.00 bits per heavy atom. The van der Waals surface area contributed by atoms with Gasteiger partial charge in [0.25, 0.3) is 0 Å². The molecule has 218 valence electrons. The number of carbonyl (C=O) groups is 3. The minimum atomic E-state index is -1.19. The zero-order chi connectivity index (χ0) is 30.0. The highest BCUT2D eigenvalue weighted by atomic mass is 16.6. The molecule has 41 heavy (non-hydrogen) atoms. The molecular weight excluding hydrogens is 528 g/mol. The van der Waals surface area contributed by atoms with Gasteiger partial charge in [0.2, 0.25) is 6.10 Å². The molecule has 10 nitrogen and oxygen atoms in total. The maximum Gasteiger partial charge on any atom is 0.347 e. The van der Waals surface area contributed by atoms with Gasteiger partial charge in [-0.15, -0.1) is 0 Å². The second-order valence-corrected chi connectivity index (χ2v) is 10.1. The molecule has 0 fully saturated rings. The van der Waals surface area contributed by atoms with Crippen LogP contribution in [0, 0.1) is 0 Å². The van der Waals surface area contributed by atoms with Crippen molar-refractivity contribution in [2.75, 3.05) is 13.7 Å². The summed E-state index contributed by atoms with van der Waals surface area (Å²) < 4.78 is 27.4. The van der Waals surface area contributed by atoms with Gasteiger partial charge in [-0.2, -0.15) is 0 Å². The molecule has 0 saturated heterocycles. The van der Waals surface area contributed by atoms with E-state index >= 15 is 0 Å². The number of benzene rings is 2. The summed E-state index contributed by atoms with van der Waals surface area (Å²) >= 11 is 0. The average Bonchev–Trinajstić information content (AvgIpc) is 2.91. The molecule has 0 saturated carbocycles. The van der Waals surface area contributed by atoms with E-state index in [0.717, 1.165) is 5.56 Å². The molecule has 0 unspecified atom stereocenters. The lowest BCUT2D eigenvalue weighted by Crippen LogP contribution is -2.31. The van der Waals surface area contributed by atoms with E-state index < -0.39 is 29.6 Å². The predicted octanol–water partition coefficient (Wildman–Crippen LogP) is 4.65. The van der Waals surface area contributed by atoms with Crippen molar-refractivity contribution >= 4 is 17.9 Å². The van der Waals surface area contributed by atoms with Crippen LogP contribution >= 0.6 is 0 Å². The van der Waals surface area contributed by atoms with Gasteiger partial charge in [-0.25, -0.2) is 14.8 Å². The topological polar surface area (TPSA) is 123 Å². The van der Waals surface area contributed by atoms with Gasteiger partial charge in [0, 0.05) is 19.5 Å². The average molecular weight is 565 g/mol. The molecule has 1 atom stereocenters. The largest absolute Gasteiger partial charge is 0.496 e. The van der Waals surface area contributed by atoms with E-state index in [1.807, 2.05) is 24.3 Å². The molecule has 3 aromatic rings. The predicted molar refractivity (Wildman–Crippen MR) is 150 cm³/mol. The molecule has 3 rings (SSSR count). The second kappa shape index (κ2) is 14.2. The van der Waals surface area contributed by atoms with Crippen LogP contribution in [0.25, 0.3) is 11.4 Å². The molecule has 0 aliphatic rings. The molecule has 0 amide bonds. The van der Waals surface area contributed by atoms with Crippen molar-refractivity contribution in [1.82, 2.24) is 9.97 Å². The van der Waals surface area contributed by atoms with E-state index in [1.54, 1.807) is 65.3 Å². The van der Waals surface area contributed by atoms with Gasteiger partial charge in [-0.1, -0.05) is 24.3 Å². The zero-order valence-electron chi connectivity index (χ0n) is 24.3. The highest BCUT2D eigenvalue weighted by Gasteiger charge is 2.26. The Labute approximate surface area is 240 Å². The lowest BCUT2D eigenvalue weighted by Gasteiger charge is -2.20. The van der Waals surface area contributed by atoms with Crippen molar-refractivity contribution in [2.45, 2.75) is 65.8 Å². The fourth-order valence-corrected chi connectivity index (χ4v) is 3.98. The monoisotopic (exact) mass is 564 g/mol. The van der Waals surface area contributed by atoms with Gasteiger partial charge in [0.15, 0.2) is 5.82 Å². The number of hydrogen-bond donors (Lipinski definition) is 0. The van der Waals surface area contributed by atoms with Crippen LogP contribution in [-0.4, -0.2) is 53.3 Å². The van der Waals surface area contributed by atoms with E-state index in [1.165, 1.54) is 6.92 Å². The maximum atomic E-state index is 12.6. The van der Waals surface area contributed by atoms with Crippen molar-refractivity contribution in [1.29, 1.82) is 0 Å². The van der Waals surface area contributed by atoms with Gasteiger partial charge in [0.1, 0.15) is 23.7 Å². The summed E-state index contributed by atoms with van der Waals surface area (Å²) in [6.07, 6.45) is 0.431. The molecule has 0 aliphatic carbocycles. The lowest BCUT2D eigenvalue weighted by atomic mass is 10.0. The van der Waals surface area contributed by atoms with E-state index in [2.05, 4.69) is 9.97 Å². The second-order valence-electron chi connectivity index (χ2n) is 10.1. The van der Waals surface area contributed by atoms with Gasteiger partial charge in [0.05, 0.1) is 31.4 Å². The SMILES string of the molecule is CCOC(=O)[C@@H](Cc1cc(CC(=O)OC(C)(C)C)ccc1OCc1ccnc(-c2ccccc2OC)n1)OC(C)=O. The summed E-state index contributed by atoms with van der Waals surface area (Å²) in [5, 5.41) is 0. The fourth-order valence-electron chi connectivity index (χ4n) is 3.98. The third-order valence-corrected chi connectivity index (χ3v) is 5.59. The van der Waals surface area contributed by atoms with Crippen LogP contribution in [0.5, 0.6) is 11.5 Å². The molecule has 0 spiro atoms. The molecular formula is C31H36N2O8. The Hall–Kier alpha value is -4.47. The Morgan fingerprint density at radius 3 is 2.44 bits per heavy atom. The number of rotatable bonds is 12. The minimum Gasteiger partial charge on any atom is -0.496 e. The van der Waals surface area contributed by atoms with Crippen LogP contribution in [-0.2, 0) is 48.0 Å². The molecule has 0 aliphatic heterocycles. The van der Waals surface area contributed by atoms with Gasteiger partial charge >= 0.3 is 17.9 Å². The van der Waals surface area contributed by atoms with E-state index in [9.17, 15) is 14.4 Å². The summed E-state index contributed by atoms with van der Waals surface area (Å²) in [4.78, 5) is 45.8. The summed E-state index contributed by atoms with van der Waals surface area (Å²) in [5.41, 5.74) is 1.90. The number of esters is 3. The number of hydrogen-bond acceptors (Lipinski definition) is 10. The normalized spacial score (nSPS) is 11.8. The number of nitrogens with zero attached hydrogens (tertiary/aromatic N) is 2. The van der Waals surface area contributed by atoms with Crippen molar-refractivity contribution in [3.05, 3.63) is 71.5 Å². The van der Waals surface area contributed by atoms with Crippen molar-refractivity contribution in [3.8, 4) is 22.9 Å². The Morgan fingerprint density at radius 2 is 1.76 bits per heavy atom. The third-order valence-electron chi connectivity index (χ3n) is 5.59. The van der Waals surface area contributed by atoms with E-state index in [0.29, 0.717) is 34.1 Å². The highest BCUT2D eigenvalue weighted by molar-refractivity contribution is 5.79. The van der Waals surface area contributed by atoms with Gasteiger partial charge in [-0.3, -0.25) is 9.59 Å². The first-order valence-corrected chi connectivity index (χ1v) is 13.2.